The van der Waals surface area contributed by atoms with Crippen molar-refractivity contribution in [2.45, 2.75) is 59.3 Å². The van der Waals surface area contributed by atoms with E-state index in [0.717, 1.165) is 5.92 Å². The van der Waals surface area contributed by atoms with Gasteiger partial charge in [-0.3, -0.25) is 0 Å². The molecule has 0 saturated carbocycles. The van der Waals surface area contributed by atoms with Crippen LogP contribution in [0.4, 0.5) is 0 Å². The van der Waals surface area contributed by atoms with Gasteiger partial charge in [0.1, 0.15) is 0 Å². The number of unbranched alkanes of at least 4 members (excludes halogenated alkanes) is 3. The molecule has 0 aliphatic rings. The lowest BCUT2D eigenvalue weighted by atomic mass is 10.0. The molecule has 0 aliphatic carbocycles. The third-order valence-corrected chi connectivity index (χ3v) is 2.44. The Morgan fingerprint density at radius 3 is 2.29 bits per heavy atom. The van der Waals surface area contributed by atoms with E-state index < -0.39 is 0 Å². The second kappa shape index (κ2) is 10.6. The second-order valence-corrected chi connectivity index (χ2v) is 4.05. The normalized spacial score (nSPS) is 14.2. The lowest BCUT2D eigenvalue weighted by Gasteiger charge is -2.03. The van der Waals surface area contributed by atoms with Crippen LogP contribution < -0.4 is 0 Å². The molecule has 0 aromatic heterocycles. The molecular formula is C14H26. The Bertz CT molecular complexity index is 153. The summed E-state index contributed by atoms with van der Waals surface area (Å²) in [5, 5.41) is 0. The van der Waals surface area contributed by atoms with Gasteiger partial charge in [0.15, 0.2) is 0 Å². The molecular weight excluding hydrogens is 168 g/mol. The highest BCUT2D eigenvalue weighted by Gasteiger charge is 1.94. The second-order valence-electron chi connectivity index (χ2n) is 4.05. The molecule has 0 heterocycles. The molecule has 14 heavy (non-hydrogen) atoms. The molecule has 0 bridgehead atoms. The Morgan fingerprint density at radius 1 is 1.07 bits per heavy atom. The van der Waals surface area contributed by atoms with Crippen molar-refractivity contribution in [1.29, 1.82) is 0 Å². The van der Waals surface area contributed by atoms with Crippen LogP contribution in [0.3, 0.4) is 0 Å². The van der Waals surface area contributed by atoms with E-state index in [1.165, 1.54) is 38.5 Å². The molecule has 0 nitrogen and oxygen atoms in total. The maximum Gasteiger partial charge on any atom is -0.0262 e. The number of rotatable bonds is 8. The standard InChI is InChI=1S/C14H26/c1-4-6-7-8-9-10-11-13-14(3)12-5-2/h5,8-9,12,14H,4,6-7,10-11,13H2,1-3H3. The number of allylic oxidation sites excluding steroid dienone is 4. The van der Waals surface area contributed by atoms with Crippen molar-refractivity contribution >= 4 is 0 Å². The van der Waals surface area contributed by atoms with E-state index in [-0.39, 0.29) is 0 Å². The minimum atomic E-state index is 0.754. The highest BCUT2D eigenvalue weighted by Crippen LogP contribution is 2.09. The fourth-order valence-corrected chi connectivity index (χ4v) is 1.54. The molecule has 0 radical (unpaired) electrons. The van der Waals surface area contributed by atoms with E-state index in [9.17, 15) is 0 Å². The number of hydrogen-bond acceptors (Lipinski definition) is 0. The Balaban J connectivity index is 3.23. The molecule has 0 spiro atoms. The summed E-state index contributed by atoms with van der Waals surface area (Å²) in [4.78, 5) is 0. The van der Waals surface area contributed by atoms with Crippen LogP contribution in [0, 0.1) is 5.92 Å². The predicted octanol–water partition coefficient (Wildman–Crippen LogP) is 5.12. The molecule has 0 aliphatic heterocycles. The van der Waals surface area contributed by atoms with Gasteiger partial charge in [-0.15, -0.1) is 0 Å². The van der Waals surface area contributed by atoms with E-state index in [4.69, 9.17) is 0 Å². The summed E-state index contributed by atoms with van der Waals surface area (Å²) in [5.74, 6) is 0.754. The summed E-state index contributed by atoms with van der Waals surface area (Å²) >= 11 is 0. The van der Waals surface area contributed by atoms with Crippen molar-refractivity contribution in [1.82, 2.24) is 0 Å². The molecule has 0 saturated heterocycles. The van der Waals surface area contributed by atoms with Gasteiger partial charge in [-0.05, 0) is 38.5 Å². The molecule has 1 unspecified atom stereocenters. The van der Waals surface area contributed by atoms with Crippen LogP contribution in [-0.4, -0.2) is 0 Å². The van der Waals surface area contributed by atoms with Crippen molar-refractivity contribution in [3.8, 4) is 0 Å². The molecule has 1 atom stereocenters. The van der Waals surface area contributed by atoms with Gasteiger partial charge in [0.25, 0.3) is 0 Å². The highest BCUT2D eigenvalue weighted by atomic mass is 14.0. The van der Waals surface area contributed by atoms with Gasteiger partial charge in [0, 0.05) is 0 Å². The summed E-state index contributed by atoms with van der Waals surface area (Å²) in [7, 11) is 0. The zero-order valence-corrected chi connectivity index (χ0v) is 10.1. The first kappa shape index (κ1) is 13.5. The summed E-state index contributed by atoms with van der Waals surface area (Å²) in [5.41, 5.74) is 0. The Kier molecular flexibility index (Phi) is 10.2. The van der Waals surface area contributed by atoms with E-state index in [1.54, 1.807) is 0 Å². The largest absolute Gasteiger partial charge is 0.0914 e. The minimum Gasteiger partial charge on any atom is -0.0914 e. The first-order valence-electron chi connectivity index (χ1n) is 6.09. The van der Waals surface area contributed by atoms with Crippen molar-refractivity contribution in [2.24, 2.45) is 5.92 Å². The first-order chi connectivity index (χ1) is 6.81. The average molecular weight is 194 g/mol. The molecule has 0 amide bonds. The highest BCUT2D eigenvalue weighted by molar-refractivity contribution is 4.85. The van der Waals surface area contributed by atoms with E-state index in [0.29, 0.717) is 0 Å². The van der Waals surface area contributed by atoms with Crippen LogP contribution in [0.15, 0.2) is 24.3 Å². The smallest absolute Gasteiger partial charge is 0.0262 e. The van der Waals surface area contributed by atoms with Crippen LogP contribution >= 0.6 is 0 Å². The Labute approximate surface area is 90.1 Å². The third kappa shape index (κ3) is 9.57. The molecule has 0 heteroatoms. The van der Waals surface area contributed by atoms with E-state index in [2.05, 4.69) is 45.1 Å². The van der Waals surface area contributed by atoms with Gasteiger partial charge in [0.05, 0.1) is 0 Å². The zero-order valence-electron chi connectivity index (χ0n) is 10.1. The molecule has 0 fully saturated rings. The zero-order chi connectivity index (χ0) is 10.6. The summed E-state index contributed by atoms with van der Waals surface area (Å²) in [6.45, 7) is 6.63. The topological polar surface area (TPSA) is 0 Å². The van der Waals surface area contributed by atoms with Crippen LogP contribution in [0.2, 0.25) is 0 Å². The molecule has 0 N–H and O–H groups in total. The summed E-state index contributed by atoms with van der Waals surface area (Å²) in [6, 6.07) is 0. The lowest BCUT2D eigenvalue weighted by Crippen LogP contribution is -1.88. The summed E-state index contributed by atoms with van der Waals surface area (Å²) < 4.78 is 0. The predicted molar refractivity (Wildman–Crippen MR) is 66.5 cm³/mol. The molecule has 0 aromatic carbocycles. The Morgan fingerprint density at radius 2 is 1.71 bits per heavy atom. The first-order valence-corrected chi connectivity index (χ1v) is 6.09. The van der Waals surface area contributed by atoms with Crippen molar-refractivity contribution in [2.75, 3.05) is 0 Å². The van der Waals surface area contributed by atoms with Gasteiger partial charge in [-0.2, -0.15) is 0 Å². The van der Waals surface area contributed by atoms with Gasteiger partial charge in [0.2, 0.25) is 0 Å². The van der Waals surface area contributed by atoms with Crippen molar-refractivity contribution < 1.29 is 0 Å². The van der Waals surface area contributed by atoms with Gasteiger partial charge in [-0.1, -0.05) is 51.0 Å². The average Bonchev–Trinajstić information content (AvgIpc) is 2.17. The maximum absolute atomic E-state index is 2.35. The van der Waals surface area contributed by atoms with Crippen LogP contribution in [0.25, 0.3) is 0 Å². The molecule has 82 valence electrons. The SMILES string of the molecule is CC=CC(C)CCCC=CCCCC. The number of hydrogen-bond donors (Lipinski definition) is 0. The van der Waals surface area contributed by atoms with Crippen LogP contribution in [0.1, 0.15) is 59.3 Å². The fourth-order valence-electron chi connectivity index (χ4n) is 1.54. The van der Waals surface area contributed by atoms with E-state index >= 15 is 0 Å². The lowest BCUT2D eigenvalue weighted by molar-refractivity contribution is 0.611. The van der Waals surface area contributed by atoms with Gasteiger partial charge >= 0.3 is 0 Å². The maximum atomic E-state index is 2.35. The monoisotopic (exact) mass is 194 g/mol. The van der Waals surface area contributed by atoms with Crippen LogP contribution in [0.5, 0.6) is 0 Å². The minimum absolute atomic E-state index is 0.754. The molecule has 0 aromatic rings. The van der Waals surface area contributed by atoms with Crippen molar-refractivity contribution in [3.05, 3.63) is 24.3 Å². The summed E-state index contributed by atoms with van der Waals surface area (Å²) in [6.07, 6.45) is 16.9. The van der Waals surface area contributed by atoms with Gasteiger partial charge in [-0.25, -0.2) is 0 Å². The third-order valence-electron chi connectivity index (χ3n) is 2.44. The van der Waals surface area contributed by atoms with Crippen LogP contribution in [-0.2, 0) is 0 Å². The van der Waals surface area contributed by atoms with E-state index in [1.807, 2.05) is 0 Å². The Hall–Kier alpha value is -0.520. The quantitative estimate of drug-likeness (QED) is 0.372. The van der Waals surface area contributed by atoms with Crippen molar-refractivity contribution in [3.63, 3.8) is 0 Å². The fraction of sp³-hybridized carbons (Fsp3) is 0.714. The van der Waals surface area contributed by atoms with Gasteiger partial charge < -0.3 is 0 Å². The molecule has 0 rings (SSSR count).